The van der Waals surface area contributed by atoms with Gasteiger partial charge in [-0.3, -0.25) is 4.79 Å². The average molecular weight is 378 g/mol. The zero-order valence-corrected chi connectivity index (χ0v) is 15.9. The zero-order chi connectivity index (χ0) is 19.9. The van der Waals surface area contributed by atoms with E-state index in [0.717, 1.165) is 5.56 Å². The van der Waals surface area contributed by atoms with Crippen LogP contribution in [0.3, 0.4) is 0 Å². The quantitative estimate of drug-likeness (QED) is 0.644. The Morgan fingerprint density at radius 1 is 1.04 bits per heavy atom. The summed E-state index contributed by atoms with van der Waals surface area (Å²) in [5.41, 5.74) is 1.59. The number of amides is 1. The Morgan fingerprint density at radius 2 is 1.75 bits per heavy atom. The number of hydrogen-bond acceptors (Lipinski definition) is 4. The maximum absolute atomic E-state index is 13.9. The summed E-state index contributed by atoms with van der Waals surface area (Å²) in [7, 11) is 0. The summed E-state index contributed by atoms with van der Waals surface area (Å²) >= 11 is 0. The van der Waals surface area contributed by atoms with Crippen LogP contribution < -0.4 is 10.6 Å². The van der Waals surface area contributed by atoms with Crippen molar-refractivity contribution in [1.29, 1.82) is 0 Å². The molecule has 0 aliphatic rings. The minimum atomic E-state index is -0.290. The van der Waals surface area contributed by atoms with E-state index in [1.54, 1.807) is 24.3 Å². The highest BCUT2D eigenvalue weighted by Gasteiger charge is 2.13. The fourth-order valence-corrected chi connectivity index (χ4v) is 2.59. The van der Waals surface area contributed by atoms with Crippen molar-refractivity contribution < 1.29 is 9.18 Å². The van der Waals surface area contributed by atoms with E-state index in [2.05, 4.69) is 20.6 Å². The summed E-state index contributed by atoms with van der Waals surface area (Å²) in [5, 5.41) is 5.97. The second-order valence-corrected chi connectivity index (χ2v) is 6.88. The van der Waals surface area contributed by atoms with Crippen LogP contribution in [0.25, 0.3) is 11.4 Å². The Kier molecular flexibility index (Phi) is 6.32. The Bertz CT molecular complexity index is 944. The highest BCUT2D eigenvalue weighted by Crippen LogP contribution is 2.19. The van der Waals surface area contributed by atoms with Gasteiger partial charge < -0.3 is 10.6 Å². The first-order valence-corrected chi connectivity index (χ1v) is 9.23. The molecular weight excluding hydrogens is 355 g/mol. The molecule has 0 saturated heterocycles. The summed E-state index contributed by atoms with van der Waals surface area (Å²) < 4.78 is 13.9. The molecule has 3 aromatic rings. The molecule has 0 saturated carbocycles. The van der Waals surface area contributed by atoms with Gasteiger partial charge in [0.15, 0.2) is 5.82 Å². The lowest BCUT2D eigenvalue weighted by molar-refractivity contribution is 0.0944. The predicted octanol–water partition coefficient (Wildman–Crippen LogP) is 4.28. The van der Waals surface area contributed by atoms with Gasteiger partial charge in [-0.2, -0.15) is 0 Å². The summed E-state index contributed by atoms with van der Waals surface area (Å²) in [6, 6.07) is 17.6. The minimum absolute atomic E-state index is 0.255. The molecule has 28 heavy (non-hydrogen) atoms. The SMILES string of the molecule is CC(C)CNC(=O)c1cc(NCc2ccccc2F)nc(-c2ccccc2)n1. The van der Waals surface area contributed by atoms with Crippen molar-refractivity contribution in [1.82, 2.24) is 15.3 Å². The maximum Gasteiger partial charge on any atom is 0.270 e. The van der Waals surface area contributed by atoms with E-state index in [0.29, 0.717) is 29.7 Å². The molecule has 5 nitrogen and oxygen atoms in total. The monoisotopic (exact) mass is 378 g/mol. The van der Waals surface area contributed by atoms with Crippen LogP contribution in [0.5, 0.6) is 0 Å². The molecule has 0 aliphatic heterocycles. The van der Waals surface area contributed by atoms with Crippen molar-refractivity contribution in [3.63, 3.8) is 0 Å². The standard InChI is InChI=1S/C22H23FN4O/c1-15(2)13-25-22(28)19-12-20(24-14-17-10-6-7-11-18(17)23)27-21(26-19)16-8-4-3-5-9-16/h3-12,15H,13-14H2,1-2H3,(H,25,28)(H,24,26,27). The number of anilines is 1. The van der Waals surface area contributed by atoms with Crippen LogP contribution in [0.2, 0.25) is 0 Å². The predicted molar refractivity (Wildman–Crippen MR) is 108 cm³/mol. The van der Waals surface area contributed by atoms with Crippen LogP contribution in [0.1, 0.15) is 29.9 Å². The maximum atomic E-state index is 13.9. The third-order valence-electron chi connectivity index (χ3n) is 4.08. The van der Waals surface area contributed by atoms with Gasteiger partial charge in [0.25, 0.3) is 5.91 Å². The highest BCUT2D eigenvalue weighted by atomic mass is 19.1. The smallest absolute Gasteiger partial charge is 0.270 e. The number of carbonyl (C=O) groups excluding carboxylic acids is 1. The number of rotatable bonds is 7. The molecule has 0 radical (unpaired) electrons. The molecular formula is C22H23FN4O. The van der Waals surface area contributed by atoms with Gasteiger partial charge in [-0.25, -0.2) is 14.4 Å². The Balaban J connectivity index is 1.88. The molecule has 2 N–H and O–H groups in total. The van der Waals surface area contributed by atoms with Crippen molar-refractivity contribution in [3.8, 4) is 11.4 Å². The second kappa shape index (κ2) is 9.08. The number of aromatic nitrogens is 2. The summed E-state index contributed by atoms with van der Waals surface area (Å²) in [5.74, 6) is 0.683. The lowest BCUT2D eigenvalue weighted by Crippen LogP contribution is -2.28. The lowest BCUT2D eigenvalue weighted by Gasteiger charge is -2.12. The van der Waals surface area contributed by atoms with E-state index >= 15 is 0 Å². The van der Waals surface area contributed by atoms with Gasteiger partial charge in [-0.1, -0.05) is 62.4 Å². The van der Waals surface area contributed by atoms with E-state index in [-0.39, 0.29) is 24.0 Å². The molecule has 1 aromatic heterocycles. The molecule has 0 fully saturated rings. The number of nitrogens with one attached hydrogen (secondary N) is 2. The molecule has 0 atom stereocenters. The van der Waals surface area contributed by atoms with Crippen LogP contribution >= 0.6 is 0 Å². The van der Waals surface area contributed by atoms with Crippen molar-refractivity contribution in [2.75, 3.05) is 11.9 Å². The summed E-state index contributed by atoms with van der Waals surface area (Å²) in [4.78, 5) is 21.4. The van der Waals surface area contributed by atoms with E-state index in [1.807, 2.05) is 44.2 Å². The number of carbonyl (C=O) groups is 1. The average Bonchev–Trinajstić information content (AvgIpc) is 2.72. The van der Waals surface area contributed by atoms with E-state index < -0.39 is 0 Å². The molecule has 6 heteroatoms. The van der Waals surface area contributed by atoms with Crippen LogP contribution in [-0.2, 0) is 6.54 Å². The van der Waals surface area contributed by atoms with Crippen LogP contribution in [0.4, 0.5) is 10.2 Å². The van der Waals surface area contributed by atoms with Gasteiger partial charge in [0.1, 0.15) is 17.3 Å². The molecule has 144 valence electrons. The highest BCUT2D eigenvalue weighted by molar-refractivity contribution is 5.93. The Hall–Kier alpha value is -3.28. The van der Waals surface area contributed by atoms with Crippen molar-refractivity contribution in [2.45, 2.75) is 20.4 Å². The van der Waals surface area contributed by atoms with Crippen molar-refractivity contribution in [2.24, 2.45) is 5.92 Å². The molecule has 0 aliphatic carbocycles. The van der Waals surface area contributed by atoms with Gasteiger partial charge in [-0.05, 0) is 12.0 Å². The van der Waals surface area contributed by atoms with E-state index in [1.165, 1.54) is 6.07 Å². The van der Waals surface area contributed by atoms with Gasteiger partial charge in [0, 0.05) is 30.3 Å². The number of benzene rings is 2. The normalized spacial score (nSPS) is 10.7. The third-order valence-corrected chi connectivity index (χ3v) is 4.08. The Morgan fingerprint density at radius 3 is 2.46 bits per heavy atom. The van der Waals surface area contributed by atoms with Crippen LogP contribution in [-0.4, -0.2) is 22.4 Å². The fourth-order valence-electron chi connectivity index (χ4n) is 2.59. The van der Waals surface area contributed by atoms with Gasteiger partial charge in [0.2, 0.25) is 0 Å². The fraction of sp³-hybridized carbons (Fsp3) is 0.227. The lowest BCUT2D eigenvalue weighted by atomic mass is 10.2. The first-order chi connectivity index (χ1) is 13.5. The van der Waals surface area contributed by atoms with Crippen molar-refractivity contribution in [3.05, 3.63) is 77.7 Å². The molecule has 0 spiro atoms. The Labute approximate surface area is 164 Å². The van der Waals surface area contributed by atoms with Crippen molar-refractivity contribution >= 4 is 11.7 Å². The van der Waals surface area contributed by atoms with Crippen LogP contribution in [0, 0.1) is 11.7 Å². The molecule has 0 unspecified atom stereocenters. The topological polar surface area (TPSA) is 66.9 Å². The van der Waals surface area contributed by atoms with Gasteiger partial charge in [0.05, 0.1) is 0 Å². The minimum Gasteiger partial charge on any atom is -0.366 e. The number of nitrogens with zero attached hydrogens (tertiary/aromatic N) is 2. The van der Waals surface area contributed by atoms with E-state index in [4.69, 9.17) is 0 Å². The number of hydrogen-bond donors (Lipinski definition) is 2. The first kappa shape index (κ1) is 19.5. The molecule has 1 heterocycles. The molecule has 1 amide bonds. The number of halogens is 1. The first-order valence-electron chi connectivity index (χ1n) is 9.23. The van der Waals surface area contributed by atoms with Crippen LogP contribution in [0.15, 0.2) is 60.7 Å². The summed E-state index contributed by atoms with van der Waals surface area (Å²) in [6.07, 6.45) is 0. The summed E-state index contributed by atoms with van der Waals surface area (Å²) in [6.45, 7) is 4.86. The molecule has 0 bridgehead atoms. The third kappa shape index (κ3) is 5.13. The zero-order valence-electron chi connectivity index (χ0n) is 15.9. The largest absolute Gasteiger partial charge is 0.366 e. The van der Waals surface area contributed by atoms with Gasteiger partial charge in [-0.15, -0.1) is 0 Å². The molecule has 3 rings (SSSR count). The molecule has 2 aromatic carbocycles. The van der Waals surface area contributed by atoms with E-state index in [9.17, 15) is 9.18 Å². The second-order valence-electron chi connectivity index (χ2n) is 6.88. The van der Waals surface area contributed by atoms with Gasteiger partial charge >= 0.3 is 0 Å².